The van der Waals surface area contributed by atoms with Crippen molar-refractivity contribution in [3.8, 4) is 5.69 Å². The fourth-order valence-corrected chi connectivity index (χ4v) is 2.15. The molecule has 5 heteroatoms. The van der Waals surface area contributed by atoms with Crippen LogP contribution in [-0.2, 0) is 0 Å². The van der Waals surface area contributed by atoms with Crippen molar-refractivity contribution in [2.24, 2.45) is 0 Å². The lowest BCUT2D eigenvalue weighted by Crippen LogP contribution is -2.01. The Bertz CT molecular complexity index is 590. The van der Waals surface area contributed by atoms with Gasteiger partial charge in [0.05, 0.1) is 16.9 Å². The van der Waals surface area contributed by atoms with Crippen LogP contribution in [0.5, 0.6) is 0 Å². The molecule has 1 N–H and O–H groups in total. The zero-order chi connectivity index (χ0) is 13.3. The second kappa shape index (κ2) is 4.94. The van der Waals surface area contributed by atoms with Crippen LogP contribution in [0, 0.1) is 0 Å². The van der Waals surface area contributed by atoms with Gasteiger partial charge in [0.2, 0.25) is 0 Å². The van der Waals surface area contributed by atoms with E-state index in [4.69, 9.17) is 5.11 Å². The summed E-state index contributed by atoms with van der Waals surface area (Å²) < 4.78 is 2.29. The molecule has 1 aromatic carbocycles. The van der Waals surface area contributed by atoms with Crippen LogP contribution in [0.1, 0.15) is 35.8 Å². The Hall–Kier alpha value is -1.62. The predicted octanol–water partition coefficient (Wildman–Crippen LogP) is 3.46. The number of carbonyl (C=O) groups is 1. The maximum Gasteiger partial charge on any atom is 0.336 e. The van der Waals surface area contributed by atoms with Gasteiger partial charge in [0.25, 0.3) is 0 Å². The molecule has 0 fully saturated rings. The molecule has 0 saturated heterocycles. The van der Waals surface area contributed by atoms with Crippen LogP contribution >= 0.6 is 15.9 Å². The summed E-state index contributed by atoms with van der Waals surface area (Å²) in [6.07, 6.45) is 1.87. The Labute approximate surface area is 113 Å². The van der Waals surface area contributed by atoms with Gasteiger partial charge < -0.3 is 5.11 Å². The Balaban J connectivity index is 2.39. The maximum atomic E-state index is 10.9. The van der Waals surface area contributed by atoms with Gasteiger partial charge in [0, 0.05) is 10.7 Å². The number of hydrogen-bond donors (Lipinski definition) is 1. The first kappa shape index (κ1) is 12.8. The Kier molecular flexibility index (Phi) is 3.52. The second-order valence-corrected chi connectivity index (χ2v) is 5.16. The van der Waals surface area contributed by atoms with E-state index in [2.05, 4.69) is 34.9 Å². The van der Waals surface area contributed by atoms with Crippen molar-refractivity contribution in [1.82, 2.24) is 9.78 Å². The SMILES string of the molecule is CC(C)c1ccn(-c2ccc(C(=O)O)c(Br)c2)n1. The van der Waals surface area contributed by atoms with Crippen molar-refractivity contribution in [3.05, 3.63) is 46.2 Å². The third kappa shape index (κ3) is 2.46. The highest BCUT2D eigenvalue weighted by molar-refractivity contribution is 9.10. The van der Waals surface area contributed by atoms with Crippen molar-refractivity contribution < 1.29 is 9.90 Å². The summed E-state index contributed by atoms with van der Waals surface area (Å²) in [6.45, 7) is 4.16. The fraction of sp³-hybridized carbons (Fsp3) is 0.231. The van der Waals surface area contributed by atoms with Crippen molar-refractivity contribution >= 4 is 21.9 Å². The number of halogens is 1. The molecule has 2 rings (SSSR count). The van der Waals surface area contributed by atoms with E-state index in [9.17, 15) is 4.79 Å². The Morgan fingerprint density at radius 2 is 2.11 bits per heavy atom. The quantitative estimate of drug-likeness (QED) is 0.944. The molecule has 1 heterocycles. The first-order valence-electron chi connectivity index (χ1n) is 5.58. The molecular weight excluding hydrogens is 296 g/mol. The highest BCUT2D eigenvalue weighted by Crippen LogP contribution is 2.21. The zero-order valence-electron chi connectivity index (χ0n) is 10.1. The standard InChI is InChI=1S/C13H13BrN2O2/c1-8(2)12-5-6-16(15-12)9-3-4-10(13(17)18)11(14)7-9/h3-8H,1-2H3,(H,17,18). The molecule has 0 amide bonds. The van der Waals surface area contributed by atoms with Gasteiger partial charge >= 0.3 is 5.97 Å². The molecular formula is C13H13BrN2O2. The average Bonchev–Trinajstić information content (AvgIpc) is 2.77. The smallest absolute Gasteiger partial charge is 0.336 e. The van der Waals surface area contributed by atoms with Gasteiger partial charge in [0.15, 0.2) is 0 Å². The van der Waals surface area contributed by atoms with E-state index >= 15 is 0 Å². The maximum absolute atomic E-state index is 10.9. The molecule has 4 nitrogen and oxygen atoms in total. The van der Waals surface area contributed by atoms with Crippen LogP contribution in [0.15, 0.2) is 34.9 Å². The van der Waals surface area contributed by atoms with Crippen LogP contribution in [0.3, 0.4) is 0 Å². The number of rotatable bonds is 3. The third-order valence-corrected chi connectivity index (χ3v) is 3.30. The molecule has 94 valence electrons. The van der Waals surface area contributed by atoms with E-state index in [1.807, 2.05) is 12.3 Å². The van der Waals surface area contributed by atoms with Crippen molar-refractivity contribution in [3.63, 3.8) is 0 Å². The second-order valence-electron chi connectivity index (χ2n) is 4.31. The molecule has 0 unspecified atom stereocenters. The fourth-order valence-electron chi connectivity index (χ4n) is 1.61. The summed E-state index contributed by atoms with van der Waals surface area (Å²) in [6, 6.07) is 7.02. The highest BCUT2D eigenvalue weighted by atomic mass is 79.9. The molecule has 0 aliphatic rings. The van der Waals surface area contributed by atoms with E-state index in [1.54, 1.807) is 22.9 Å². The number of benzene rings is 1. The van der Waals surface area contributed by atoms with Gasteiger partial charge in [-0.15, -0.1) is 0 Å². The number of aromatic carboxylic acids is 1. The summed E-state index contributed by atoms with van der Waals surface area (Å²) in [4.78, 5) is 10.9. The van der Waals surface area contributed by atoms with Crippen LogP contribution in [0.25, 0.3) is 5.69 Å². The van der Waals surface area contributed by atoms with Gasteiger partial charge in [-0.25, -0.2) is 9.48 Å². The number of hydrogen-bond acceptors (Lipinski definition) is 2. The van der Waals surface area contributed by atoms with Crippen molar-refractivity contribution in [1.29, 1.82) is 0 Å². The summed E-state index contributed by atoms with van der Waals surface area (Å²) >= 11 is 3.26. The number of aromatic nitrogens is 2. The number of carboxylic acids is 1. The van der Waals surface area contributed by atoms with Gasteiger partial charge in [-0.1, -0.05) is 13.8 Å². The van der Waals surface area contributed by atoms with Gasteiger partial charge in [-0.2, -0.15) is 5.10 Å². The van der Waals surface area contributed by atoms with Crippen LogP contribution in [0.4, 0.5) is 0 Å². The minimum atomic E-state index is -0.947. The lowest BCUT2D eigenvalue weighted by molar-refractivity contribution is 0.0696. The number of nitrogens with zero attached hydrogens (tertiary/aromatic N) is 2. The minimum absolute atomic E-state index is 0.245. The van der Waals surface area contributed by atoms with Gasteiger partial charge in [-0.3, -0.25) is 0 Å². The van der Waals surface area contributed by atoms with Crippen LogP contribution in [0.2, 0.25) is 0 Å². The lowest BCUT2D eigenvalue weighted by atomic mass is 10.1. The largest absolute Gasteiger partial charge is 0.478 e. The predicted molar refractivity (Wildman–Crippen MR) is 72.3 cm³/mol. The molecule has 1 aromatic heterocycles. The van der Waals surface area contributed by atoms with E-state index in [-0.39, 0.29) is 5.56 Å². The Morgan fingerprint density at radius 3 is 2.61 bits per heavy atom. The Morgan fingerprint density at radius 1 is 1.39 bits per heavy atom. The number of carboxylic acid groups (broad SMARTS) is 1. The van der Waals surface area contributed by atoms with Gasteiger partial charge in [0.1, 0.15) is 0 Å². The summed E-state index contributed by atoms with van der Waals surface area (Å²) in [5.41, 5.74) is 2.09. The summed E-state index contributed by atoms with van der Waals surface area (Å²) in [5, 5.41) is 13.4. The van der Waals surface area contributed by atoms with Crippen molar-refractivity contribution in [2.75, 3.05) is 0 Å². The molecule has 18 heavy (non-hydrogen) atoms. The van der Waals surface area contributed by atoms with Crippen LogP contribution < -0.4 is 0 Å². The van der Waals surface area contributed by atoms with Crippen LogP contribution in [-0.4, -0.2) is 20.9 Å². The first-order chi connectivity index (χ1) is 8.49. The molecule has 0 radical (unpaired) electrons. The molecule has 0 atom stereocenters. The normalized spacial score (nSPS) is 10.9. The topological polar surface area (TPSA) is 55.1 Å². The van der Waals surface area contributed by atoms with Gasteiger partial charge in [-0.05, 0) is 46.1 Å². The molecule has 0 bridgehead atoms. The van der Waals surface area contributed by atoms with E-state index in [0.717, 1.165) is 11.4 Å². The summed E-state index contributed by atoms with van der Waals surface area (Å²) in [7, 11) is 0. The zero-order valence-corrected chi connectivity index (χ0v) is 11.7. The van der Waals surface area contributed by atoms with E-state index in [0.29, 0.717) is 10.4 Å². The molecule has 2 aromatic rings. The van der Waals surface area contributed by atoms with Crippen molar-refractivity contribution in [2.45, 2.75) is 19.8 Å². The summed E-state index contributed by atoms with van der Waals surface area (Å²) in [5.74, 6) is -0.579. The molecule has 0 aliphatic carbocycles. The molecule has 0 aliphatic heterocycles. The molecule has 0 saturated carbocycles. The monoisotopic (exact) mass is 308 g/mol. The molecule has 0 spiro atoms. The van der Waals surface area contributed by atoms with E-state index < -0.39 is 5.97 Å². The third-order valence-electron chi connectivity index (χ3n) is 2.65. The minimum Gasteiger partial charge on any atom is -0.478 e. The van der Waals surface area contributed by atoms with E-state index in [1.165, 1.54) is 0 Å². The average molecular weight is 309 g/mol. The first-order valence-corrected chi connectivity index (χ1v) is 6.37. The lowest BCUT2D eigenvalue weighted by Gasteiger charge is -2.05. The highest BCUT2D eigenvalue weighted by Gasteiger charge is 2.10.